The first-order valence-electron chi connectivity index (χ1n) is 10.5. The monoisotopic (exact) mass is 412 g/mol. The van der Waals surface area contributed by atoms with Crippen LogP contribution in [0.15, 0.2) is 24.5 Å². The smallest absolute Gasteiger partial charge is 0.225 e. The Labute approximate surface area is 173 Å². The van der Waals surface area contributed by atoms with Gasteiger partial charge in [-0.05, 0) is 43.7 Å². The number of rotatable bonds is 2. The van der Waals surface area contributed by atoms with E-state index in [2.05, 4.69) is 26.7 Å². The quantitative estimate of drug-likeness (QED) is 0.624. The Kier molecular flexibility index (Phi) is 4.86. The Bertz CT molecular complexity index is 1050. The van der Waals surface area contributed by atoms with Gasteiger partial charge in [0.15, 0.2) is 0 Å². The van der Waals surface area contributed by atoms with Crippen molar-refractivity contribution in [2.24, 2.45) is 11.8 Å². The maximum atomic E-state index is 14.4. The number of carbonyl (C=O) groups is 1. The molecule has 5 nitrogen and oxygen atoms in total. The van der Waals surface area contributed by atoms with E-state index in [4.69, 9.17) is 0 Å². The number of anilines is 1. The Hall–Kier alpha value is -2.28. The minimum atomic E-state index is -0.237. The summed E-state index contributed by atoms with van der Waals surface area (Å²) in [4.78, 5) is 26.1. The van der Waals surface area contributed by atoms with Crippen LogP contribution in [-0.2, 0) is 4.79 Å². The fourth-order valence-corrected chi connectivity index (χ4v) is 5.80. The van der Waals surface area contributed by atoms with Gasteiger partial charge in [-0.1, -0.05) is 13.0 Å². The molecule has 0 aliphatic carbocycles. The van der Waals surface area contributed by atoms with Gasteiger partial charge >= 0.3 is 0 Å². The van der Waals surface area contributed by atoms with E-state index < -0.39 is 0 Å². The van der Waals surface area contributed by atoms with Crippen LogP contribution >= 0.6 is 11.3 Å². The zero-order chi connectivity index (χ0) is 20.0. The van der Waals surface area contributed by atoms with Crippen LogP contribution in [0.2, 0.25) is 0 Å². The van der Waals surface area contributed by atoms with Crippen LogP contribution in [0.5, 0.6) is 0 Å². The van der Waals surface area contributed by atoms with Gasteiger partial charge in [0, 0.05) is 36.8 Å². The molecule has 0 unspecified atom stereocenters. The summed E-state index contributed by atoms with van der Waals surface area (Å²) >= 11 is 1.54. The highest BCUT2D eigenvalue weighted by Gasteiger charge is 2.31. The van der Waals surface area contributed by atoms with Crippen LogP contribution in [0.25, 0.3) is 20.3 Å². The van der Waals surface area contributed by atoms with Gasteiger partial charge in [0.1, 0.15) is 18.0 Å². The fourth-order valence-electron chi connectivity index (χ4n) is 4.62. The van der Waals surface area contributed by atoms with E-state index in [9.17, 15) is 9.18 Å². The number of piperidine rings is 2. The molecule has 2 aliphatic rings. The van der Waals surface area contributed by atoms with Crippen molar-refractivity contribution >= 4 is 43.4 Å². The molecule has 0 atom stereocenters. The van der Waals surface area contributed by atoms with Crippen LogP contribution in [0, 0.1) is 17.7 Å². The number of amides is 1. The van der Waals surface area contributed by atoms with Gasteiger partial charge in [-0.2, -0.15) is 0 Å². The molecule has 0 N–H and O–H groups in total. The zero-order valence-corrected chi connectivity index (χ0v) is 17.4. The van der Waals surface area contributed by atoms with Crippen molar-refractivity contribution in [3.8, 4) is 0 Å². The van der Waals surface area contributed by atoms with E-state index >= 15 is 0 Å². The molecular weight excluding hydrogens is 387 g/mol. The lowest BCUT2D eigenvalue weighted by Gasteiger charge is -2.37. The molecule has 0 radical (unpaired) electrons. The topological polar surface area (TPSA) is 49.3 Å². The standard InChI is InChI=1S/C22H25FN4OS/c1-14-5-9-27(10-6-14)22(28)15-7-11-26(12-8-15)21-20-19(24-13-25-21)18-16(23)3-2-4-17(18)29-20/h2-4,13-15H,5-12H2,1H3. The van der Waals surface area contributed by atoms with Crippen LogP contribution in [-0.4, -0.2) is 47.0 Å². The Morgan fingerprint density at radius 1 is 1.10 bits per heavy atom. The van der Waals surface area contributed by atoms with E-state index in [-0.39, 0.29) is 11.7 Å². The van der Waals surface area contributed by atoms with E-state index in [0.717, 1.165) is 73.0 Å². The van der Waals surface area contributed by atoms with E-state index in [1.807, 2.05) is 6.07 Å². The largest absolute Gasteiger partial charge is 0.355 e. The molecule has 2 saturated heterocycles. The molecular formula is C22H25FN4OS. The van der Waals surface area contributed by atoms with E-state index in [0.29, 0.717) is 16.8 Å². The number of hydrogen-bond donors (Lipinski definition) is 0. The molecule has 3 aromatic rings. The first-order chi connectivity index (χ1) is 14.1. The summed E-state index contributed by atoms with van der Waals surface area (Å²) in [5.74, 6) is 1.80. The number of aromatic nitrogens is 2. The number of halogens is 1. The summed E-state index contributed by atoms with van der Waals surface area (Å²) in [6.45, 7) is 5.66. The lowest BCUT2D eigenvalue weighted by atomic mass is 9.92. The number of carbonyl (C=O) groups excluding carboxylic acids is 1. The normalized spacial score (nSPS) is 19.4. The Morgan fingerprint density at radius 2 is 1.86 bits per heavy atom. The predicted octanol–water partition coefficient (Wildman–Crippen LogP) is 4.46. The van der Waals surface area contributed by atoms with Crippen molar-refractivity contribution in [3.05, 3.63) is 30.3 Å². The second-order valence-corrected chi connectivity index (χ2v) is 9.41. The van der Waals surface area contributed by atoms with Gasteiger partial charge in [-0.3, -0.25) is 4.79 Å². The highest BCUT2D eigenvalue weighted by atomic mass is 32.1. The van der Waals surface area contributed by atoms with Crippen molar-refractivity contribution in [1.82, 2.24) is 14.9 Å². The van der Waals surface area contributed by atoms with Gasteiger partial charge in [0.25, 0.3) is 0 Å². The first-order valence-corrected chi connectivity index (χ1v) is 11.3. The Balaban J connectivity index is 1.35. The average Bonchev–Trinajstić information content (AvgIpc) is 3.14. The summed E-state index contributed by atoms with van der Waals surface area (Å²) in [7, 11) is 0. The number of benzene rings is 1. The molecule has 7 heteroatoms. The Morgan fingerprint density at radius 3 is 2.62 bits per heavy atom. The molecule has 0 spiro atoms. The molecule has 152 valence electrons. The third kappa shape index (κ3) is 3.35. The molecule has 1 aromatic carbocycles. The minimum absolute atomic E-state index is 0.108. The molecule has 29 heavy (non-hydrogen) atoms. The van der Waals surface area contributed by atoms with Crippen molar-refractivity contribution in [2.75, 3.05) is 31.1 Å². The van der Waals surface area contributed by atoms with E-state index in [1.165, 1.54) is 12.4 Å². The highest BCUT2D eigenvalue weighted by molar-refractivity contribution is 7.26. The minimum Gasteiger partial charge on any atom is -0.355 e. The van der Waals surface area contributed by atoms with Gasteiger partial charge < -0.3 is 9.80 Å². The van der Waals surface area contributed by atoms with Crippen molar-refractivity contribution in [3.63, 3.8) is 0 Å². The van der Waals surface area contributed by atoms with Crippen LogP contribution in [0.4, 0.5) is 10.2 Å². The number of hydrogen-bond acceptors (Lipinski definition) is 5. The van der Waals surface area contributed by atoms with Crippen molar-refractivity contribution in [2.45, 2.75) is 32.6 Å². The third-order valence-electron chi connectivity index (χ3n) is 6.45. The summed E-state index contributed by atoms with van der Waals surface area (Å²) in [6, 6.07) is 5.15. The molecule has 2 aromatic heterocycles. The molecule has 0 bridgehead atoms. The zero-order valence-electron chi connectivity index (χ0n) is 16.6. The second-order valence-electron chi connectivity index (χ2n) is 8.36. The molecule has 0 saturated carbocycles. The third-order valence-corrected chi connectivity index (χ3v) is 7.59. The summed E-state index contributed by atoms with van der Waals surface area (Å²) in [5.41, 5.74) is 0.689. The lowest BCUT2D eigenvalue weighted by molar-refractivity contribution is -0.137. The number of nitrogens with zero attached hydrogens (tertiary/aromatic N) is 4. The number of likely N-dealkylation sites (tertiary alicyclic amines) is 1. The van der Waals surface area contributed by atoms with Crippen LogP contribution in [0.3, 0.4) is 0 Å². The number of thiophene rings is 1. The summed E-state index contributed by atoms with van der Waals surface area (Å²) in [5, 5.41) is 0.584. The van der Waals surface area contributed by atoms with Gasteiger partial charge in [-0.15, -0.1) is 11.3 Å². The second kappa shape index (κ2) is 7.52. The average molecular weight is 413 g/mol. The SMILES string of the molecule is CC1CCN(C(=O)C2CCN(c3ncnc4c3sc3cccc(F)c34)CC2)CC1. The van der Waals surface area contributed by atoms with Gasteiger partial charge in [0.2, 0.25) is 5.91 Å². The summed E-state index contributed by atoms with van der Waals surface area (Å²) in [6.07, 6.45) is 5.45. The van der Waals surface area contributed by atoms with E-state index in [1.54, 1.807) is 17.4 Å². The van der Waals surface area contributed by atoms with Crippen LogP contribution in [0.1, 0.15) is 32.6 Å². The molecule has 1 amide bonds. The predicted molar refractivity (Wildman–Crippen MR) is 115 cm³/mol. The fraction of sp³-hybridized carbons (Fsp3) is 0.500. The maximum absolute atomic E-state index is 14.4. The molecule has 2 aliphatic heterocycles. The number of fused-ring (bicyclic) bond motifs is 3. The lowest BCUT2D eigenvalue weighted by Crippen LogP contribution is -2.45. The van der Waals surface area contributed by atoms with Crippen molar-refractivity contribution in [1.29, 1.82) is 0 Å². The van der Waals surface area contributed by atoms with Gasteiger partial charge in [0.05, 0.1) is 15.6 Å². The molecule has 5 rings (SSSR count). The molecule has 4 heterocycles. The van der Waals surface area contributed by atoms with Gasteiger partial charge in [-0.25, -0.2) is 14.4 Å². The maximum Gasteiger partial charge on any atom is 0.225 e. The van der Waals surface area contributed by atoms with Crippen LogP contribution < -0.4 is 4.90 Å². The first kappa shape index (κ1) is 18.7. The molecule has 2 fully saturated rings. The summed E-state index contributed by atoms with van der Waals surface area (Å²) < 4.78 is 16.2. The van der Waals surface area contributed by atoms with Crippen molar-refractivity contribution < 1.29 is 9.18 Å². The highest BCUT2D eigenvalue weighted by Crippen LogP contribution is 2.39.